The molecule has 0 amide bonds. The van der Waals surface area contributed by atoms with E-state index < -0.39 is 0 Å². The molecule has 0 unspecified atom stereocenters. The van der Waals surface area contributed by atoms with Crippen LogP contribution in [0.3, 0.4) is 0 Å². The summed E-state index contributed by atoms with van der Waals surface area (Å²) in [5.41, 5.74) is 16.7. The fourth-order valence-corrected chi connectivity index (χ4v) is 11.2. The summed E-state index contributed by atoms with van der Waals surface area (Å²) < 4.78 is 0. The summed E-state index contributed by atoms with van der Waals surface area (Å²) in [6.45, 7) is 9.64. The summed E-state index contributed by atoms with van der Waals surface area (Å²) in [6, 6.07) is 70.3. The van der Waals surface area contributed by atoms with Crippen LogP contribution >= 0.6 is 0 Å². The van der Waals surface area contributed by atoms with Crippen LogP contribution in [0.1, 0.15) is 49.9 Å². The molecule has 0 fully saturated rings. The molecule has 2 aliphatic rings. The van der Waals surface area contributed by atoms with Crippen LogP contribution in [0.4, 0.5) is 17.1 Å². The van der Waals surface area contributed by atoms with Crippen molar-refractivity contribution in [3.8, 4) is 33.4 Å². The molecule has 1 heteroatoms. The zero-order valence-corrected chi connectivity index (χ0v) is 33.8. The van der Waals surface area contributed by atoms with E-state index in [1.54, 1.807) is 0 Å². The second-order valence-corrected chi connectivity index (χ2v) is 17.7. The summed E-state index contributed by atoms with van der Waals surface area (Å²) in [5.74, 6) is 0. The number of benzene rings is 10. The van der Waals surface area contributed by atoms with Gasteiger partial charge in [-0.25, -0.2) is 0 Å². The van der Waals surface area contributed by atoms with E-state index in [2.05, 4.69) is 221 Å². The van der Waals surface area contributed by atoms with Crippen molar-refractivity contribution in [2.24, 2.45) is 0 Å². The molecule has 0 bridgehead atoms. The van der Waals surface area contributed by atoms with E-state index in [0.717, 1.165) is 17.1 Å². The highest BCUT2D eigenvalue weighted by molar-refractivity contribution is 6.06. The first-order chi connectivity index (χ1) is 28.8. The van der Waals surface area contributed by atoms with Crippen LogP contribution < -0.4 is 4.90 Å². The fourth-order valence-electron chi connectivity index (χ4n) is 11.2. The van der Waals surface area contributed by atoms with Gasteiger partial charge in [-0.2, -0.15) is 0 Å². The lowest BCUT2D eigenvalue weighted by Crippen LogP contribution is -2.16. The maximum Gasteiger partial charge on any atom is 0.0468 e. The minimum atomic E-state index is -0.141. The Bertz CT molecular complexity index is 3180. The van der Waals surface area contributed by atoms with Crippen molar-refractivity contribution in [3.05, 3.63) is 210 Å². The van der Waals surface area contributed by atoms with Crippen LogP contribution in [-0.4, -0.2) is 0 Å². The molecule has 0 saturated carbocycles. The predicted molar refractivity (Wildman–Crippen MR) is 252 cm³/mol. The van der Waals surface area contributed by atoms with Gasteiger partial charge in [0.2, 0.25) is 0 Å². The molecule has 0 heterocycles. The largest absolute Gasteiger partial charge is 0.310 e. The van der Waals surface area contributed by atoms with Gasteiger partial charge in [-0.05, 0) is 135 Å². The van der Waals surface area contributed by atoms with Gasteiger partial charge in [0.15, 0.2) is 0 Å². The lowest BCUT2D eigenvalue weighted by atomic mass is 9.78. The summed E-state index contributed by atoms with van der Waals surface area (Å²) in [4.78, 5) is 2.44. The molecule has 2 aliphatic carbocycles. The zero-order chi connectivity index (χ0) is 39.6. The van der Waals surface area contributed by atoms with Crippen molar-refractivity contribution < 1.29 is 0 Å². The van der Waals surface area contributed by atoms with E-state index in [4.69, 9.17) is 0 Å². The highest BCUT2D eigenvalue weighted by atomic mass is 15.1. The van der Waals surface area contributed by atoms with Crippen molar-refractivity contribution >= 4 is 60.2 Å². The van der Waals surface area contributed by atoms with Crippen molar-refractivity contribution in [1.29, 1.82) is 0 Å². The van der Waals surface area contributed by atoms with Gasteiger partial charge in [-0.3, -0.25) is 0 Å². The van der Waals surface area contributed by atoms with Crippen molar-refractivity contribution in [2.75, 3.05) is 4.90 Å². The molecule has 0 saturated heterocycles. The Labute approximate surface area is 345 Å². The third-order valence-corrected chi connectivity index (χ3v) is 13.7. The summed E-state index contributed by atoms with van der Waals surface area (Å²) in [6.07, 6.45) is 0. The van der Waals surface area contributed by atoms with Gasteiger partial charge >= 0.3 is 0 Å². The van der Waals surface area contributed by atoms with Crippen molar-refractivity contribution in [3.63, 3.8) is 0 Å². The maximum absolute atomic E-state index is 2.44. The smallest absolute Gasteiger partial charge is 0.0468 e. The van der Waals surface area contributed by atoms with Crippen LogP contribution in [0, 0.1) is 0 Å². The van der Waals surface area contributed by atoms with Crippen LogP contribution in [0.5, 0.6) is 0 Å². The number of rotatable bonds is 4. The molecule has 1 nitrogen and oxygen atoms in total. The Morgan fingerprint density at radius 1 is 0.288 bits per heavy atom. The second-order valence-electron chi connectivity index (χ2n) is 17.7. The first-order valence-electron chi connectivity index (χ1n) is 20.9. The maximum atomic E-state index is 2.44. The quantitative estimate of drug-likeness (QED) is 0.173. The minimum Gasteiger partial charge on any atom is -0.310 e. The van der Waals surface area contributed by atoms with Gasteiger partial charge in [0, 0.05) is 27.9 Å². The minimum absolute atomic E-state index is 0.141. The first-order valence-corrected chi connectivity index (χ1v) is 20.9. The van der Waals surface area contributed by atoms with E-state index in [1.807, 2.05) is 0 Å². The van der Waals surface area contributed by atoms with E-state index in [0.29, 0.717) is 0 Å². The van der Waals surface area contributed by atoms with E-state index in [1.165, 1.54) is 98.7 Å². The molecule has 0 atom stereocenters. The van der Waals surface area contributed by atoms with Gasteiger partial charge in [0.25, 0.3) is 0 Å². The standard InChI is InChI=1S/C58H43N/c1-57(2)53-45-16-10-8-14-38(45)20-28-49(53)51-30-22-40-34-43(26-32-47(40)55(51)57)59(42-24-18-37(19-25-42)36-12-6-5-7-13-36)44-27-33-48-41(35-44)23-31-52-50-29-21-39-15-9-11-17-46(39)54(50)58(3,4)56(48)52/h5-35H,1-4H3. The van der Waals surface area contributed by atoms with Crippen LogP contribution in [-0.2, 0) is 10.8 Å². The van der Waals surface area contributed by atoms with E-state index >= 15 is 0 Å². The molecule has 10 aromatic carbocycles. The van der Waals surface area contributed by atoms with Gasteiger partial charge in [0.1, 0.15) is 0 Å². The third kappa shape index (κ3) is 4.85. The van der Waals surface area contributed by atoms with Crippen LogP contribution in [0.15, 0.2) is 188 Å². The lowest BCUT2D eigenvalue weighted by Gasteiger charge is -2.28. The Morgan fingerprint density at radius 3 is 1.10 bits per heavy atom. The van der Waals surface area contributed by atoms with Crippen molar-refractivity contribution in [2.45, 2.75) is 38.5 Å². The molecular formula is C58H43N. The van der Waals surface area contributed by atoms with Crippen molar-refractivity contribution in [1.82, 2.24) is 0 Å². The predicted octanol–water partition coefficient (Wildman–Crippen LogP) is 16.0. The molecular weight excluding hydrogens is 711 g/mol. The Balaban J connectivity index is 1.02. The van der Waals surface area contributed by atoms with Crippen LogP contribution in [0.25, 0.3) is 76.5 Å². The van der Waals surface area contributed by atoms with Gasteiger partial charge in [-0.1, -0.05) is 179 Å². The fraction of sp³-hybridized carbons (Fsp3) is 0.103. The Morgan fingerprint density at radius 2 is 0.644 bits per heavy atom. The van der Waals surface area contributed by atoms with E-state index in [-0.39, 0.29) is 10.8 Å². The molecule has 280 valence electrons. The second kappa shape index (κ2) is 12.3. The molecule has 0 aromatic heterocycles. The van der Waals surface area contributed by atoms with Gasteiger partial charge in [-0.15, -0.1) is 0 Å². The van der Waals surface area contributed by atoms with E-state index in [9.17, 15) is 0 Å². The average Bonchev–Trinajstić information content (AvgIpc) is 3.67. The lowest BCUT2D eigenvalue weighted by molar-refractivity contribution is 0.672. The molecule has 0 radical (unpaired) electrons. The van der Waals surface area contributed by atoms with Gasteiger partial charge < -0.3 is 4.90 Å². The number of hydrogen-bond acceptors (Lipinski definition) is 1. The molecule has 0 N–H and O–H groups in total. The normalized spacial score (nSPS) is 14.4. The summed E-state index contributed by atoms with van der Waals surface area (Å²) in [5, 5.41) is 10.4. The topological polar surface area (TPSA) is 3.24 Å². The zero-order valence-electron chi connectivity index (χ0n) is 33.8. The third-order valence-electron chi connectivity index (χ3n) is 13.7. The molecule has 12 rings (SSSR count). The number of nitrogens with zero attached hydrogens (tertiary/aromatic N) is 1. The summed E-state index contributed by atoms with van der Waals surface area (Å²) in [7, 11) is 0. The molecule has 59 heavy (non-hydrogen) atoms. The molecule has 10 aromatic rings. The molecule has 0 aliphatic heterocycles. The Kier molecular flexibility index (Phi) is 7.10. The highest BCUT2D eigenvalue weighted by Gasteiger charge is 2.39. The summed E-state index contributed by atoms with van der Waals surface area (Å²) >= 11 is 0. The SMILES string of the molecule is CC1(C)c2c(ccc3ccccc23)-c2ccc3cc(N(c4ccc(-c5ccccc5)cc4)c4ccc5c6c(ccc5c4)-c4ccc5ccccc5c4C6(C)C)ccc3c21. The average molecular weight is 754 g/mol. The molecule has 0 spiro atoms. The monoisotopic (exact) mass is 753 g/mol. The highest BCUT2D eigenvalue weighted by Crippen LogP contribution is 2.56. The van der Waals surface area contributed by atoms with Gasteiger partial charge in [0.05, 0.1) is 0 Å². The number of anilines is 3. The number of fused-ring (bicyclic) bond motifs is 14. The Hall–Kier alpha value is -6.96. The first kappa shape index (κ1) is 34.1. The van der Waals surface area contributed by atoms with Crippen LogP contribution in [0.2, 0.25) is 0 Å². The number of hydrogen-bond donors (Lipinski definition) is 0.